The van der Waals surface area contributed by atoms with Crippen molar-refractivity contribution in [2.24, 2.45) is 5.73 Å². The molecule has 2 rings (SSSR count). The SMILES string of the molecule is Cl.Cl.NC(CCCN1CCCCC1)c1ccccc1. The number of benzene rings is 1. The van der Waals surface area contributed by atoms with Crippen LogP contribution in [0.15, 0.2) is 30.3 Å². The van der Waals surface area contributed by atoms with Crippen LogP contribution in [-0.4, -0.2) is 24.5 Å². The second-order valence-corrected chi connectivity index (χ2v) is 5.06. The molecule has 110 valence electrons. The molecule has 19 heavy (non-hydrogen) atoms. The second kappa shape index (κ2) is 10.5. The van der Waals surface area contributed by atoms with Gasteiger partial charge >= 0.3 is 0 Å². The van der Waals surface area contributed by atoms with Crippen LogP contribution in [0.4, 0.5) is 0 Å². The van der Waals surface area contributed by atoms with Crippen molar-refractivity contribution >= 4 is 24.8 Å². The standard InChI is InChI=1S/C15H24N2.2ClH/c16-15(14-8-3-1-4-9-14)10-7-13-17-11-5-2-6-12-17;;/h1,3-4,8-9,15H,2,5-7,10-13,16H2;2*1H. The molecule has 0 amide bonds. The molecule has 4 heteroatoms. The highest BCUT2D eigenvalue weighted by Gasteiger charge is 2.10. The number of halogens is 2. The first kappa shape index (κ1) is 18.7. The first-order valence-corrected chi connectivity index (χ1v) is 6.89. The molecule has 1 saturated heterocycles. The lowest BCUT2D eigenvalue weighted by atomic mass is 10.0. The van der Waals surface area contributed by atoms with Crippen LogP contribution in [0, 0.1) is 0 Å². The van der Waals surface area contributed by atoms with Gasteiger partial charge in [-0.15, -0.1) is 24.8 Å². The Balaban J connectivity index is 0.00000162. The fourth-order valence-electron chi connectivity index (χ4n) is 2.58. The van der Waals surface area contributed by atoms with Crippen molar-refractivity contribution in [2.75, 3.05) is 19.6 Å². The van der Waals surface area contributed by atoms with E-state index in [9.17, 15) is 0 Å². The van der Waals surface area contributed by atoms with Gasteiger partial charge in [-0.2, -0.15) is 0 Å². The van der Waals surface area contributed by atoms with Crippen LogP contribution >= 0.6 is 24.8 Å². The van der Waals surface area contributed by atoms with Gasteiger partial charge in [-0.1, -0.05) is 36.8 Å². The minimum absolute atomic E-state index is 0. The number of hydrogen-bond donors (Lipinski definition) is 1. The van der Waals surface area contributed by atoms with E-state index in [0.717, 1.165) is 6.42 Å². The average Bonchev–Trinajstić information content (AvgIpc) is 2.41. The molecule has 1 aromatic carbocycles. The van der Waals surface area contributed by atoms with E-state index < -0.39 is 0 Å². The normalized spacial score (nSPS) is 17.1. The number of rotatable bonds is 5. The predicted molar refractivity (Wildman–Crippen MR) is 87.4 cm³/mol. The summed E-state index contributed by atoms with van der Waals surface area (Å²) in [5.74, 6) is 0. The van der Waals surface area contributed by atoms with E-state index in [0.29, 0.717) is 0 Å². The van der Waals surface area contributed by atoms with Gasteiger partial charge in [0, 0.05) is 6.04 Å². The Morgan fingerprint density at radius 2 is 1.63 bits per heavy atom. The molecule has 2 nitrogen and oxygen atoms in total. The van der Waals surface area contributed by atoms with Crippen molar-refractivity contribution in [2.45, 2.75) is 38.1 Å². The van der Waals surface area contributed by atoms with Gasteiger partial charge in [0.1, 0.15) is 0 Å². The lowest BCUT2D eigenvalue weighted by Crippen LogP contribution is -2.31. The zero-order valence-corrected chi connectivity index (χ0v) is 13.1. The Bertz CT molecular complexity index is 313. The highest BCUT2D eigenvalue weighted by Crippen LogP contribution is 2.16. The van der Waals surface area contributed by atoms with Crippen molar-refractivity contribution < 1.29 is 0 Å². The van der Waals surface area contributed by atoms with Crippen molar-refractivity contribution in [1.29, 1.82) is 0 Å². The monoisotopic (exact) mass is 304 g/mol. The zero-order valence-electron chi connectivity index (χ0n) is 11.5. The Kier molecular flexibility index (Phi) is 10.3. The number of nitrogens with two attached hydrogens (primary N) is 1. The van der Waals surface area contributed by atoms with E-state index in [1.807, 2.05) is 6.07 Å². The van der Waals surface area contributed by atoms with Gasteiger partial charge < -0.3 is 10.6 Å². The number of hydrogen-bond acceptors (Lipinski definition) is 2. The number of likely N-dealkylation sites (tertiary alicyclic amines) is 1. The van der Waals surface area contributed by atoms with E-state index in [4.69, 9.17) is 5.73 Å². The number of piperidine rings is 1. The smallest absolute Gasteiger partial charge is 0.0295 e. The molecule has 2 N–H and O–H groups in total. The summed E-state index contributed by atoms with van der Waals surface area (Å²) in [6.07, 6.45) is 6.49. The minimum Gasteiger partial charge on any atom is -0.324 e. The molecule has 0 radical (unpaired) electrons. The fraction of sp³-hybridized carbons (Fsp3) is 0.600. The molecule has 1 heterocycles. The molecule has 1 aliphatic rings. The topological polar surface area (TPSA) is 29.3 Å². The van der Waals surface area contributed by atoms with E-state index in [2.05, 4.69) is 29.2 Å². The molecule has 0 aromatic heterocycles. The Morgan fingerprint density at radius 1 is 1.00 bits per heavy atom. The van der Waals surface area contributed by atoms with Crippen LogP contribution in [0.3, 0.4) is 0 Å². The maximum absolute atomic E-state index is 6.19. The van der Waals surface area contributed by atoms with Crippen LogP contribution in [0.1, 0.15) is 43.7 Å². The minimum atomic E-state index is 0. The molecule has 0 aliphatic carbocycles. The summed E-state index contributed by atoms with van der Waals surface area (Å²) in [5, 5.41) is 0. The maximum Gasteiger partial charge on any atom is 0.0295 e. The van der Waals surface area contributed by atoms with Gasteiger partial charge in [0.2, 0.25) is 0 Å². The van der Waals surface area contributed by atoms with E-state index in [1.165, 1.54) is 50.9 Å². The summed E-state index contributed by atoms with van der Waals surface area (Å²) < 4.78 is 0. The lowest BCUT2D eigenvalue weighted by Gasteiger charge is -2.26. The van der Waals surface area contributed by atoms with Gasteiger partial charge in [0.15, 0.2) is 0 Å². The molecule has 1 aliphatic heterocycles. The summed E-state index contributed by atoms with van der Waals surface area (Å²) in [4.78, 5) is 2.58. The quantitative estimate of drug-likeness (QED) is 0.896. The van der Waals surface area contributed by atoms with Gasteiger partial charge in [-0.25, -0.2) is 0 Å². The summed E-state index contributed by atoms with van der Waals surface area (Å²) in [6, 6.07) is 10.7. The molecular formula is C15H26Cl2N2. The van der Waals surface area contributed by atoms with Crippen LogP contribution < -0.4 is 5.73 Å². The summed E-state index contributed by atoms with van der Waals surface area (Å²) in [7, 11) is 0. The third-order valence-electron chi connectivity index (χ3n) is 3.67. The third-order valence-corrected chi connectivity index (χ3v) is 3.67. The van der Waals surface area contributed by atoms with Crippen LogP contribution in [0.5, 0.6) is 0 Å². The molecule has 1 atom stereocenters. The van der Waals surface area contributed by atoms with Gasteiger partial charge in [-0.05, 0) is 50.9 Å². The highest BCUT2D eigenvalue weighted by molar-refractivity contribution is 5.85. The Labute approximate surface area is 129 Å². The van der Waals surface area contributed by atoms with Crippen LogP contribution in [0.2, 0.25) is 0 Å². The van der Waals surface area contributed by atoms with E-state index >= 15 is 0 Å². The molecule has 0 bridgehead atoms. The van der Waals surface area contributed by atoms with Crippen molar-refractivity contribution in [3.8, 4) is 0 Å². The molecule has 1 aromatic rings. The first-order valence-electron chi connectivity index (χ1n) is 6.89. The van der Waals surface area contributed by atoms with Crippen LogP contribution in [-0.2, 0) is 0 Å². The summed E-state index contributed by atoms with van der Waals surface area (Å²) in [6.45, 7) is 3.81. The van der Waals surface area contributed by atoms with Crippen molar-refractivity contribution in [3.05, 3.63) is 35.9 Å². The second-order valence-electron chi connectivity index (χ2n) is 5.06. The van der Waals surface area contributed by atoms with E-state index in [-0.39, 0.29) is 30.9 Å². The lowest BCUT2D eigenvalue weighted by molar-refractivity contribution is 0.223. The largest absolute Gasteiger partial charge is 0.324 e. The Hall–Kier alpha value is -0.280. The predicted octanol–water partition coefficient (Wildman–Crippen LogP) is 3.80. The molecule has 0 saturated carbocycles. The maximum atomic E-state index is 6.19. The first-order chi connectivity index (χ1) is 8.36. The number of nitrogens with zero attached hydrogens (tertiary/aromatic N) is 1. The Morgan fingerprint density at radius 3 is 2.26 bits per heavy atom. The van der Waals surface area contributed by atoms with Crippen molar-refractivity contribution in [3.63, 3.8) is 0 Å². The fourth-order valence-corrected chi connectivity index (χ4v) is 2.58. The van der Waals surface area contributed by atoms with Gasteiger partial charge in [0.25, 0.3) is 0 Å². The molecule has 1 unspecified atom stereocenters. The summed E-state index contributed by atoms with van der Waals surface area (Å²) in [5.41, 5.74) is 7.46. The third kappa shape index (κ3) is 6.62. The highest BCUT2D eigenvalue weighted by atomic mass is 35.5. The van der Waals surface area contributed by atoms with Gasteiger partial charge in [-0.3, -0.25) is 0 Å². The molecular weight excluding hydrogens is 279 g/mol. The van der Waals surface area contributed by atoms with Crippen LogP contribution in [0.25, 0.3) is 0 Å². The molecule has 0 spiro atoms. The average molecular weight is 305 g/mol. The van der Waals surface area contributed by atoms with Crippen molar-refractivity contribution in [1.82, 2.24) is 4.90 Å². The zero-order chi connectivity index (χ0) is 11.9. The summed E-state index contributed by atoms with van der Waals surface area (Å²) >= 11 is 0. The van der Waals surface area contributed by atoms with E-state index in [1.54, 1.807) is 0 Å². The molecule has 1 fully saturated rings. The van der Waals surface area contributed by atoms with Gasteiger partial charge in [0.05, 0.1) is 0 Å².